The summed E-state index contributed by atoms with van der Waals surface area (Å²) in [5.41, 5.74) is 1.96. The smallest absolute Gasteiger partial charge is 0.249 e. The van der Waals surface area contributed by atoms with Crippen LogP contribution in [0.1, 0.15) is 5.56 Å². The van der Waals surface area contributed by atoms with E-state index in [2.05, 4.69) is 25.5 Å². The third-order valence-electron chi connectivity index (χ3n) is 3.87. The molecule has 0 aliphatic rings. The molecule has 2 N–H and O–H groups in total. The highest BCUT2D eigenvalue weighted by atomic mass is 16.2. The minimum absolute atomic E-state index is 0.144. The highest BCUT2D eigenvalue weighted by Gasteiger charge is 2.22. The van der Waals surface area contributed by atoms with E-state index in [-0.39, 0.29) is 17.9 Å². The fourth-order valence-electron chi connectivity index (χ4n) is 2.50. The van der Waals surface area contributed by atoms with Crippen LogP contribution in [0.3, 0.4) is 0 Å². The van der Waals surface area contributed by atoms with E-state index in [4.69, 9.17) is 0 Å². The van der Waals surface area contributed by atoms with Gasteiger partial charge in [0.15, 0.2) is 5.82 Å². The number of rotatable bonds is 6. The van der Waals surface area contributed by atoms with Crippen molar-refractivity contribution in [3.63, 3.8) is 0 Å². The van der Waals surface area contributed by atoms with E-state index in [1.54, 1.807) is 12.4 Å². The number of H-pyrrole nitrogens is 1. The molecule has 0 bridgehead atoms. The van der Waals surface area contributed by atoms with Crippen molar-refractivity contribution in [1.29, 1.82) is 0 Å². The topological polar surface area (TPSA) is 86.8 Å². The summed E-state index contributed by atoms with van der Waals surface area (Å²) in [5.74, 6) is 0.702. The van der Waals surface area contributed by atoms with Crippen LogP contribution in [0.2, 0.25) is 0 Å². The first-order valence-corrected chi connectivity index (χ1v) is 7.97. The minimum atomic E-state index is -0.315. The summed E-state index contributed by atoms with van der Waals surface area (Å²) in [7, 11) is 3.77. The maximum absolute atomic E-state index is 12.6. The van der Waals surface area contributed by atoms with Crippen LogP contribution in [-0.4, -0.2) is 51.1 Å². The molecule has 0 radical (unpaired) electrons. The van der Waals surface area contributed by atoms with Crippen LogP contribution in [-0.2, 0) is 11.2 Å². The number of aromatic amines is 1. The van der Waals surface area contributed by atoms with Crippen molar-refractivity contribution in [2.75, 3.05) is 19.4 Å². The summed E-state index contributed by atoms with van der Waals surface area (Å²) < 4.78 is 0. The lowest BCUT2D eigenvalue weighted by Crippen LogP contribution is -2.41. The molecule has 0 saturated carbocycles. The number of anilines is 1. The summed E-state index contributed by atoms with van der Waals surface area (Å²) in [5, 5.41) is 9.69. The highest BCUT2D eigenvalue weighted by Crippen LogP contribution is 2.15. The van der Waals surface area contributed by atoms with Gasteiger partial charge in [-0.1, -0.05) is 30.3 Å². The second kappa shape index (κ2) is 7.67. The molecule has 1 unspecified atom stereocenters. The number of pyridine rings is 1. The monoisotopic (exact) mass is 336 g/mol. The Labute approximate surface area is 146 Å². The maximum atomic E-state index is 12.6. The van der Waals surface area contributed by atoms with Gasteiger partial charge in [0.05, 0.1) is 6.04 Å². The van der Waals surface area contributed by atoms with Crippen LogP contribution in [0.25, 0.3) is 11.4 Å². The molecule has 0 saturated heterocycles. The molecule has 1 aromatic carbocycles. The zero-order chi connectivity index (χ0) is 17.6. The first-order chi connectivity index (χ1) is 12.1. The largest absolute Gasteiger partial charge is 0.298 e. The predicted molar refractivity (Wildman–Crippen MR) is 95.9 cm³/mol. The minimum Gasteiger partial charge on any atom is -0.298 e. The number of nitrogens with zero attached hydrogens (tertiary/aromatic N) is 4. The molecular formula is C18H20N6O. The van der Waals surface area contributed by atoms with Gasteiger partial charge in [0.1, 0.15) is 0 Å². The van der Waals surface area contributed by atoms with E-state index in [1.165, 1.54) is 0 Å². The van der Waals surface area contributed by atoms with Gasteiger partial charge in [-0.15, -0.1) is 5.10 Å². The summed E-state index contributed by atoms with van der Waals surface area (Å²) in [6, 6.07) is 13.3. The predicted octanol–water partition coefficient (Wildman–Crippen LogP) is 1.98. The Balaban J connectivity index is 1.70. The molecule has 3 rings (SSSR count). The van der Waals surface area contributed by atoms with Crippen molar-refractivity contribution >= 4 is 11.9 Å². The van der Waals surface area contributed by atoms with Crippen molar-refractivity contribution in [2.24, 2.45) is 0 Å². The molecule has 0 aliphatic carbocycles. The van der Waals surface area contributed by atoms with Crippen molar-refractivity contribution in [1.82, 2.24) is 25.1 Å². The summed E-state index contributed by atoms with van der Waals surface area (Å²) in [6.07, 6.45) is 3.97. The van der Waals surface area contributed by atoms with E-state index in [0.717, 1.165) is 11.1 Å². The quantitative estimate of drug-likeness (QED) is 0.719. The molecule has 2 aromatic heterocycles. The van der Waals surface area contributed by atoms with Gasteiger partial charge >= 0.3 is 0 Å². The normalized spacial score (nSPS) is 12.1. The third-order valence-corrected chi connectivity index (χ3v) is 3.87. The molecule has 1 atom stereocenters. The Morgan fingerprint density at radius 3 is 2.56 bits per heavy atom. The molecule has 1 amide bonds. The second-order valence-electron chi connectivity index (χ2n) is 5.90. The average molecular weight is 336 g/mol. The van der Waals surface area contributed by atoms with Gasteiger partial charge < -0.3 is 0 Å². The molecule has 128 valence electrons. The van der Waals surface area contributed by atoms with Crippen LogP contribution in [0.5, 0.6) is 0 Å². The van der Waals surface area contributed by atoms with E-state index < -0.39 is 0 Å². The lowest BCUT2D eigenvalue weighted by molar-refractivity contribution is -0.120. The number of hydrogen-bond acceptors (Lipinski definition) is 5. The van der Waals surface area contributed by atoms with Crippen LogP contribution in [0.15, 0.2) is 54.9 Å². The Hall–Kier alpha value is -3.06. The maximum Gasteiger partial charge on any atom is 0.249 e. The summed E-state index contributed by atoms with van der Waals surface area (Å²) in [4.78, 5) is 22.8. The number of nitrogens with one attached hydrogen (secondary N) is 2. The number of carbonyl (C=O) groups excluding carboxylic acids is 1. The number of carbonyl (C=O) groups is 1. The molecule has 7 heteroatoms. The SMILES string of the molecule is CN(C)C(Cc1ccccc1)C(=O)Nc1n[nH]c(-c2ccncc2)n1. The number of amides is 1. The van der Waals surface area contributed by atoms with Gasteiger partial charge in [-0.2, -0.15) is 4.98 Å². The number of benzene rings is 1. The lowest BCUT2D eigenvalue weighted by Gasteiger charge is -2.22. The lowest BCUT2D eigenvalue weighted by atomic mass is 10.0. The van der Waals surface area contributed by atoms with Gasteiger partial charge in [0, 0.05) is 18.0 Å². The number of hydrogen-bond donors (Lipinski definition) is 2. The van der Waals surface area contributed by atoms with Gasteiger partial charge in [0.2, 0.25) is 11.9 Å². The van der Waals surface area contributed by atoms with Gasteiger partial charge in [-0.05, 0) is 38.2 Å². The van der Waals surface area contributed by atoms with Gasteiger partial charge in [-0.25, -0.2) is 0 Å². The zero-order valence-electron chi connectivity index (χ0n) is 14.2. The highest BCUT2D eigenvalue weighted by molar-refractivity contribution is 5.93. The third kappa shape index (κ3) is 4.27. The standard InChI is InChI=1S/C18H20N6O/c1-24(2)15(12-13-6-4-3-5-7-13)17(25)21-18-20-16(22-23-18)14-8-10-19-11-9-14/h3-11,15H,12H2,1-2H3,(H2,20,21,22,23,25). The molecule has 7 nitrogen and oxygen atoms in total. The van der Waals surface area contributed by atoms with Crippen LogP contribution < -0.4 is 5.32 Å². The first kappa shape index (κ1) is 16.8. The molecule has 0 fully saturated rings. The van der Waals surface area contributed by atoms with E-state index in [9.17, 15) is 4.79 Å². The first-order valence-electron chi connectivity index (χ1n) is 7.97. The van der Waals surface area contributed by atoms with Gasteiger partial charge in [0.25, 0.3) is 0 Å². The van der Waals surface area contributed by atoms with Crippen LogP contribution in [0.4, 0.5) is 5.95 Å². The molecule has 25 heavy (non-hydrogen) atoms. The van der Waals surface area contributed by atoms with E-state index in [0.29, 0.717) is 12.2 Å². The van der Waals surface area contributed by atoms with Crippen LogP contribution in [0, 0.1) is 0 Å². The molecule has 3 aromatic rings. The van der Waals surface area contributed by atoms with Gasteiger partial charge in [-0.3, -0.25) is 25.1 Å². The average Bonchev–Trinajstić information content (AvgIpc) is 3.09. The fraction of sp³-hybridized carbons (Fsp3) is 0.222. The Kier molecular flexibility index (Phi) is 5.15. The second-order valence-corrected chi connectivity index (χ2v) is 5.90. The zero-order valence-corrected chi connectivity index (χ0v) is 14.2. The summed E-state index contributed by atoms with van der Waals surface area (Å²) in [6.45, 7) is 0. The number of likely N-dealkylation sites (N-methyl/N-ethyl adjacent to an activating group) is 1. The Morgan fingerprint density at radius 1 is 1.16 bits per heavy atom. The molecular weight excluding hydrogens is 316 g/mol. The Morgan fingerprint density at radius 2 is 1.88 bits per heavy atom. The van der Waals surface area contributed by atoms with Crippen molar-refractivity contribution in [2.45, 2.75) is 12.5 Å². The fourth-order valence-corrected chi connectivity index (χ4v) is 2.50. The Bertz CT molecular complexity index is 816. The van der Waals surface area contributed by atoms with Crippen LogP contribution >= 0.6 is 0 Å². The van der Waals surface area contributed by atoms with E-state index >= 15 is 0 Å². The summed E-state index contributed by atoms with van der Waals surface area (Å²) >= 11 is 0. The van der Waals surface area contributed by atoms with Crippen molar-refractivity contribution in [3.8, 4) is 11.4 Å². The van der Waals surface area contributed by atoms with Crippen molar-refractivity contribution < 1.29 is 4.79 Å². The van der Waals surface area contributed by atoms with E-state index in [1.807, 2.05) is 61.5 Å². The number of aromatic nitrogens is 4. The molecule has 0 aliphatic heterocycles. The molecule has 0 spiro atoms. The molecule has 2 heterocycles. The van der Waals surface area contributed by atoms with Crippen molar-refractivity contribution in [3.05, 3.63) is 60.4 Å².